The molecule has 0 radical (unpaired) electrons. The summed E-state index contributed by atoms with van der Waals surface area (Å²) in [6.45, 7) is 13.5. The molecule has 9 rings (SSSR count). The Morgan fingerprint density at radius 1 is 0.525 bits per heavy atom. The second-order valence-corrected chi connectivity index (χ2v) is 17.6. The van der Waals surface area contributed by atoms with Crippen LogP contribution in [0.1, 0.15) is 86.8 Å². The van der Waals surface area contributed by atoms with Crippen LogP contribution >= 0.6 is 0 Å². The van der Waals surface area contributed by atoms with Crippen molar-refractivity contribution in [2.45, 2.75) is 85.5 Å². The number of aryl methyl sites for hydroxylation is 4. The van der Waals surface area contributed by atoms with Gasteiger partial charge in [0, 0.05) is 44.5 Å². The average Bonchev–Trinajstić information content (AvgIpc) is 3.72. The molecule has 0 amide bonds. The van der Waals surface area contributed by atoms with Gasteiger partial charge in [0.2, 0.25) is 0 Å². The normalized spacial score (nSPS) is 12.8. The number of anilines is 3. The van der Waals surface area contributed by atoms with E-state index in [9.17, 15) is 0 Å². The Hall–Kier alpha value is -6.26. The molecule has 0 fully saturated rings. The number of hydrogen-bond donors (Lipinski definition) is 0. The van der Waals surface area contributed by atoms with Gasteiger partial charge in [0.1, 0.15) is 11.5 Å². The molecule has 0 aliphatic heterocycles. The van der Waals surface area contributed by atoms with Crippen LogP contribution < -0.4 is 14.4 Å². The van der Waals surface area contributed by atoms with Gasteiger partial charge in [-0.05, 0) is 169 Å². The number of aromatic nitrogens is 1. The second kappa shape index (κ2) is 16.3. The van der Waals surface area contributed by atoms with Crippen molar-refractivity contribution in [2.24, 2.45) is 0 Å². The number of ether oxygens (including phenoxy) is 2. The van der Waals surface area contributed by atoms with Gasteiger partial charge in [-0.2, -0.15) is 0 Å². The molecule has 0 bridgehead atoms. The molecular weight excluding hydrogens is 745 g/mol. The summed E-state index contributed by atoms with van der Waals surface area (Å²) in [6, 6.07) is 50.5. The first-order chi connectivity index (χ1) is 29.6. The molecular formula is C57H58N2O2. The SMILES string of the molecule is CCCCc1ccc(N(c2ccc(CCCC)cc2)c2ccc3c(c2)C(C)(C)c2cc(-n4c5ccc(C)cc5c5cc(-c6cc(OC)c(C)cc6OC)ccc54)ccc2-3)cc1. The number of rotatable bonds is 13. The number of fused-ring (bicyclic) bond motifs is 6. The van der Waals surface area contributed by atoms with Crippen LogP contribution in [-0.4, -0.2) is 18.8 Å². The first kappa shape index (κ1) is 40.2. The summed E-state index contributed by atoms with van der Waals surface area (Å²) in [6.07, 6.45) is 7.05. The Kier molecular flexibility index (Phi) is 10.7. The summed E-state index contributed by atoms with van der Waals surface area (Å²) < 4.78 is 14.1. The summed E-state index contributed by atoms with van der Waals surface area (Å²) in [5.74, 6) is 1.69. The lowest BCUT2D eigenvalue weighted by Gasteiger charge is -2.28. The van der Waals surface area contributed by atoms with Crippen LogP contribution in [0.3, 0.4) is 0 Å². The van der Waals surface area contributed by atoms with E-state index in [2.05, 4.69) is 184 Å². The van der Waals surface area contributed by atoms with E-state index in [-0.39, 0.29) is 5.41 Å². The minimum absolute atomic E-state index is 0.222. The van der Waals surface area contributed by atoms with Gasteiger partial charge in [-0.1, -0.05) is 94.6 Å². The van der Waals surface area contributed by atoms with E-state index in [0.717, 1.165) is 41.0 Å². The van der Waals surface area contributed by atoms with Crippen LogP contribution in [0.25, 0.3) is 49.7 Å². The Bertz CT molecular complexity index is 2850. The molecule has 8 aromatic rings. The van der Waals surface area contributed by atoms with Crippen molar-refractivity contribution in [3.05, 3.63) is 167 Å². The molecule has 1 aliphatic rings. The van der Waals surface area contributed by atoms with Crippen LogP contribution in [0.5, 0.6) is 11.5 Å². The number of nitrogens with zero attached hydrogens (tertiary/aromatic N) is 2. The van der Waals surface area contributed by atoms with Crippen molar-refractivity contribution >= 4 is 38.9 Å². The lowest BCUT2D eigenvalue weighted by Crippen LogP contribution is -2.17. The highest BCUT2D eigenvalue weighted by molar-refractivity contribution is 6.11. The van der Waals surface area contributed by atoms with E-state index in [1.807, 2.05) is 0 Å². The number of unbranched alkanes of at least 4 members (excludes halogenated alkanes) is 2. The second-order valence-electron chi connectivity index (χ2n) is 17.6. The van der Waals surface area contributed by atoms with E-state index < -0.39 is 0 Å². The molecule has 308 valence electrons. The Morgan fingerprint density at radius 2 is 1.08 bits per heavy atom. The minimum atomic E-state index is -0.222. The van der Waals surface area contributed by atoms with Crippen molar-refractivity contribution < 1.29 is 9.47 Å². The smallest absolute Gasteiger partial charge is 0.127 e. The summed E-state index contributed by atoms with van der Waals surface area (Å²) in [4.78, 5) is 2.44. The fraction of sp³-hybridized carbons (Fsp3) is 0.263. The highest BCUT2D eigenvalue weighted by Gasteiger charge is 2.36. The molecule has 0 unspecified atom stereocenters. The van der Waals surface area contributed by atoms with Crippen molar-refractivity contribution in [1.29, 1.82) is 0 Å². The first-order valence-electron chi connectivity index (χ1n) is 22.2. The quantitative estimate of drug-likeness (QED) is 0.116. The lowest BCUT2D eigenvalue weighted by molar-refractivity contribution is 0.402. The van der Waals surface area contributed by atoms with Crippen LogP contribution in [0.4, 0.5) is 17.1 Å². The zero-order valence-corrected chi connectivity index (χ0v) is 37.2. The number of methoxy groups -OCH3 is 2. The van der Waals surface area contributed by atoms with E-state index in [0.29, 0.717) is 0 Å². The highest BCUT2D eigenvalue weighted by Crippen LogP contribution is 2.52. The van der Waals surface area contributed by atoms with Gasteiger partial charge >= 0.3 is 0 Å². The molecule has 0 saturated heterocycles. The first-order valence-corrected chi connectivity index (χ1v) is 22.2. The molecule has 0 saturated carbocycles. The molecule has 1 heterocycles. The van der Waals surface area contributed by atoms with Gasteiger partial charge in [-0.15, -0.1) is 0 Å². The maximum absolute atomic E-state index is 5.90. The molecule has 0 N–H and O–H groups in total. The van der Waals surface area contributed by atoms with Crippen molar-refractivity contribution in [1.82, 2.24) is 4.57 Å². The van der Waals surface area contributed by atoms with Crippen molar-refractivity contribution in [3.8, 4) is 39.4 Å². The largest absolute Gasteiger partial charge is 0.496 e. The molecule has 4 nitrogen and oxygen atoms in total. The van der Waals surface area contributed by atoms with Gasteiger partial charge in [0.25, 0.3) is 0 Å². The molecule has 0 atom stereocenters. The molecule has 7 aromatic carbocycles. The zero-order chi connectivity index (χ0) is 42.4. The van der Waals surface area contributed by atoms with Gasteiger partial charge in [0.15, 0.2) is 0 Å². The van der Waals surface area contributed by atoms with Crippen molar-refractivity contribution in [3.63, 3.8) is 0 Å². The van der Waals surface area contributed by atoms with Crippen molar-refractivity contribution in [2.75, 3.05) is 19.1 Å². The van der Waals surface area contributed by atoms with Crippen LogP contribution in [0.15, 0.2) is 133 Å². The van der Waals surface area contributed by atoms with Gasteiger partial charge in [0.05, 0.1) is 25.3 Å². The Labute approximate surface area is 362 Å². The minimum Gasteiger partial charge on any atom is -0.496 e. The third-order valence-electron chi connectivity index (χ3n) is 13.1. The number of benzene rings is 7. The monoisotopic (exact) mass is 802 g/mol. The van der Waals surface area contributed by atoms with E-state index >= 15 is 0 Å². The molecule has 0 spiro atoms. The van der Waals surface area contributed by atoms with Gasteiger partial charge < -0.3 is 18.9 Å². The predicted molar refractivity (Wildman–Crippen MR) is 258 cm³/mol. The van der Waals surface area contributed by atoms with Gasteiger partial charge in [-0.25, -0.2) is 0 Å². The van der Waals surface area contributed by atoms with Crippen LogP contribution in [-0.2, 0) is 18.3 Å². The zero-order valence-electron chi connectivity index (χ0n) is 37.2. The molecule has 1 aliphatic carbocycles. The summed E-state index contributed by atoms with van der Waals surface area (Å²) in [5, 5.41) is 2.45. The fourth-order valence-corrected chi connectivity index (χ4v) is 9.68. The van der Waals surface area contributed by atoms with Gasteiger partial charge in [-0.3, -0.25) is 0 Å². The Balaban J connectivity index is 1.13. The maximum atomic E-state index is 5.90. The predicted octanol–water partition coefficient (Wildman–Crippen LogP) is 15.5. The Morgan fingerprint density at radius 3 is 1.69 bits per heavy atom. The maximum Gasteiger partial charge on any atom is 0.127 e. The molecule has 1 aromatic heterocycles. The third kappa shape index (κ3) is 7.16. The fourth-order valence-electron chi connectivity index (χ4n) is 9.68. The average molecular weight is 803 g/mol. The van der Waals surface area contributed by atoms with Crippen LogP contribution in [0, 0.1) is 13.8 Å². The summed E-state index contributed by atoms with van der Waals surface area (Å²) in [7, 11) is 3.47. The molecule has 61 heavy (non-hydrogen) atoms. The summed E-state index contributed by atoms with van der Waals surface area (Å²) in [5.41, 5.74) is 19.4. The summed E-state index contributed by atoms with van der Waals surface area (Å²) >= 11 is 0. The topological polar surface area (TPSA) is 26.6 Å². The standard InChI is InChI=1S/C57H58N2O2/c1-9-11-13-39-16-21-42(22-17-39)58(43-23-18-40(19-24-43)14-12-10-2)44-25-27-46-47-28-26-45(35-52(47)57(5,6)51(46)34-44)59-53-29-15-37(3)31-49(53)50-33-41(20-30-54(50)59)48-36-55(60-7)38(4)32-56(48)61-8/h15-36H,9-14H2,1-8H3. The van der Waals surface area contributed by atoms with E-state index in [1.54, 1.807) is 14.2 Å². The van der Waals surface area contributed by atoms with Crippen LogP contribution in [0.2, 0.25) is 0 Å². The highest BCUT2D eigenvalue weighted by atomic mass is 16.5. The number of hydrogen-bond acceptors (Lipinski definition) is 3. The molecule has 4 heteroatoms. The van der Waals surface area contributed by atoms with E-state index in [4.69, 9.17) is 9.47 Å². The van der Waals surface area contributed by atoms with E-state index in [1.165, 1.54) is 109 Å². The third-order valence-corrected chi connectivity index (χ3v) is 13.1. The lowest BCUT2D eigenvalue weighted by atomic mass is 9.82.